The number of fused-ring (bicyclic) bond motifs is 5. The molecule has 4 fully saturated rings. The van der Waals surface area contributed by atoms with E-state index in [0.717, 1.165) is 12.8 Å². The van der Waals surface area contributed by atoms with Gasteiger partial charge in [0.25, 0.3) is 0 Å². The van der Waals surface area contributed by atoms with E-state index in [1.807, 2.05) is 0 Å². The van der Waals surface area contributed by atoms with E-state index in [4.69, 9.17) is 0 Å². The normalized spacial score (nSPS) is 47.7. The number of hydrogen-bond donors (Lipinski definition) is 0. The largest absolute Gasteiger partial charge is 0.550 e. The fraction of sp³-hybridized carbons (Fsp3) is 0.917. The minimum absolute atomic E-state index is 0.170. The van der Waals surface area contributed by atoms with Crippen LogP contribution in [0, 0.1) is 46.3 Å². The third-order valence-corrected chi connectivity index (χ3v) is 9.95. The quantitative estimate of drug-likeness (QED) is 0.735. The van der Waals surface area contributed by atoms with Crippen LogP contribution in [0.15, 0.2) is 0 Å². The van der Waals surface area contributed by atoms with Gasteiger partial charge in [0.05, 0.1) is 0 Å². The molecule has 8 atom stereocenters. The van der Waals surface area contributed by atoms with E-state index >= 15 is 0 Å². The first-order valence-electron chi connectivity index (χ1n) is 11.5. The lowest BCUT2D eigenvalue weighted by atomic mass is 9.44. The monoisotopic (exact) mass is 373 g/mol. The highest BCUT2D eigenvalue weighted by Gasteiger charge is 2.62. The van der Waals surface area contributed by atoms with Gasteiger partial charge in [0, 0.05) is 18.3 Å². The van der Waals surface area contributed by atoms with E-state index in [0.29, 0.717) is 40.8 Å². The number of aliphatic carboxylic acids is 1. The first kappa shape index (κ1) is 19.5. The maximum absolute atomic E-state index is 13.3. The van der Waals surface area contributed by atoms with Crippen molar-refractivity contribution in [1.29, 1.82) is 0 Å². The van der Waals surface area contributed by atoms with Crippen molar-refractivity contribution in [3.63, 3.8) is 0 Å². The maximum Gasteiger partial charge on any atom is 0.136 e. The van der Waals surface area contributed by atoms with Crippen molar-refractivity contribution in [2.24, 2.45) is 46.3 Å². The number of carboxylic acids is 1. The SMILES string of the molecule is C[C@@H](CCC(=O)[O-])[C@H]1CC[C@@H]2[C@H]3C(=O)C[C@@H]4CCCC[C@]4(C)[C@@H]3CC[C@@]21C. The van der Waals surface area contributed by atoms with Crippen molar-refractivity contribution in [3.8, 4) is 0 Å². The van der Waals surface area contributed by atoms with E-state index < -0.39 is 5.97 Å². The molecule has 4 aliphatic carbocycles. The van der Waals surface area contributed by atoms with E-state index in [9.17, 15) is 14.7 Å². The number of Topliss-reactive ketones (excluding diaryl/α,β-unsaturated/α-hetero) is 1. The van der Waals surface area contributed by atoms with Gasteiger partial charge in [-0.15, -0.1) is 0 Å². The molecule has 0 bridgehead atoms. The fourth-order valence-electron chi connectivity index (χ4n) is 8.48. The molecule has 27 heavy (non-hydrogen) atoms. The van der Waals surface area contributed by atoms with Gasteiger partial charge in [0.15, 0.2) is 0 Å². The van der Waals surface area contributed by atoms with Crippen LogP contribution in [0.5, 0.6) is 0 Å². The molecular formula is C24H37O3-. The average molecular weight is 374 g/mol. The lowest BCUT2D eigenvalue weighted by Crippen LogP contribution is -2.56. The standard InChI is InChI=1S/C24H38O3/c1-15(7-10-21(26)27)17-8-9-18-22-19(11-13-24(17,18)3)23(2)12-5-4-6-16(23)14-20(22)25/h15-19,22H,4-14H2,1-3H3,(H,26,27)/p-1/t15-,16-,17+,18+,19+,22+,23-,24+/m0/s1. The molecule has 3 nitrogen and oxygen atoms in total. The summed E-state index contributed by atoms with van der Waals surface area (Å²) in [5, 5.41) is 10.9. The van der Waals surface area contributed by atoms with Crippen LogP contribution in [-0.4, -0.2) is 11.8 Å². The van der Waals surface area contributed by atoms with Crippen molar-refractivity contribution in [1.82, 2.24) is 0 Å². The molecule has 0 unspecified atom stereocenters. The smallest absolute Gasteiger partial charge is 0.136 e. The minimum Gasteiger partial charge on any atom is -0.550 e. The number of ketones is 1. The minimum atomic E-state index is -0.927. The van der Waals surface area contributed by atoms with Gasteiger partial charge in [-0.1, -0.05) is 33.6 Å². The molecule has 0 aromatic heterocycles. The van der Waals surface area contributed by atoms with E-state index in [-0.39, 0.29) is 17.8 Å². The molecule has 0 saturated heterocycles. The molecular weight excluding hydrogens is 336 g/mol. The summed E-state index contributed by atoms with van der Waals surface area (Å²) in [6.45, 7) is 7.18. The molecule has 4 aliphatic rings. The predicted octanol–water partition coefficient (Wildman–Crippen LogP) is 4.38. The highest BCUT2D eigenvalue weighted by molar-refractivity contribution is 5.83. The lowest BCUT2D eigenvalue weighted by molar-refractivity contribution is -0.306. The van der Waals surface area contributed by atoms with E-state index in [1.54, 1.807) is 0 Å². The molecule has 0 spiro atoms. The Morgan fingerprint density at radius 2 is 1.81 bits per heavy atom. The van der Waals surface area contributed by atoms with Crippen LogP contribution in [0.25, 0.3) is 0 Å². The van der Waals surface area contributed by atoms with Crippen molar-refractivity contribution < 1.29 is 14.7 Å². The second-order valence-corrected chi connectivity index (χ2v) is 11.0. The average Bonchev–Trinajstić information content (AvgIpc) is 2.97. The Hall–Kier alpha value is -0.860. The summed E-state index contributed by atoms with van der Waals surface area (Å²) in [5.74, 6) is 2.65. The van der Waals surface area contributed by atoms with Gasteiger partial charge in [-0.3, -0.25) is 4.79 Å². The zero-order chi connectivity index (χ0) is 19.4. The van der Waals surface area contributed by atoms with Crippen LogP contribution in [-0.2, 0) is 9.59 Å². The number of hydrogen-bond acceptors (Lipinski definition) is 3. The van der Waals surface area contributed by atoms with Crippen molar-refractivity contribution >= 4 is 11.8 Å². The molecule has 0 aromatic carbocycles. The molecule has 0 amide bonds. The summed E-state index contributed by atoms with van der Waals surface area (Å²) in [5.41, 5.74) is 0.608. The first-order chi connectivity index (χ1) is 12.8. The number of carbonyl (C=O) groups is 2. The molecule has 152 valence electrons. The molecule has 0 aliphatic heterocycles. The van der Waals surface area contributed by atoms with Gasteiger partial charge in [-0.25, -0.2) is 0 Å². The maximum atomic E-state index is 13.3. The predicted molar refractivity (Wildman–Crippen MR) is 104 cm³/mol. The van der Waals surface area contributed by atoms with Gasteiger partial charge >= 0.3 is 0 Å². The Kier molecular flexibility index (Phi) is 4.96. The lowest BCUT2D eigenvalue weighted by Gasteiger charge is -2.60. The molecule has 0 N–H and O–H groups in total. The Balaban J connectivity index is 1.57. The van der Waals surface area contributed by atoms with Gasteiger partial charge in [-0.2, -0.15) is 0 Å². The van der Waals surface area contributed by atoms with Crippen molar-refractivity contribution in [2.75, 3.05) is 0 Å². The van der Waals surface area contributed by atoms with Crippen LogP contribution in [0.4, 0.5) is 0 Å². The van der Waals surface area contributed by atoms with Gasteiger partial charge < -0.3 is 9.90 Å². The highest BCUT2D eigenvalue weighted by Crippen LogP contribution is 2.67. The van der Waals surface area contributed by atoms with Gasteiger partial charge in [0.1, 0.15) is 5.78 Å². The summed E-state index contributed by atoms with van der Waals surface area (Å²) in [6, 6.07) is 0. The number of carboxylic acid groups (broad SMARTS) is 1. The molecule has 4 saturated carbocycles. The summed E-state index contributed by atoms with van der Waals surface area (Å²) >= 11 is 0. The van der Waals surface area contributed by atoms with Gasteiger partial charge in [0.2, 0.25) is 0 Å². The summed E-state index contributed by atoms with van der Waals surface area (Å²) in [6.07, 6.45) is 11.7. The summed E-state index contributed by atoms with van der Waals surface area (Å²) in [7, 11) is 0. The third kappa shape index (κ3) is 2.99. The Morgan fingerprint density at radius 1 is 1.07 bits per heavy atom. The fourth-order valence-corrected chi connectivity index (χ4v) is 8.48. The third-order valence-electron chi connectivity index (χ3n) is 9.95. The topological polar surface area (TPSA) is 57.2 Å². The van der Waals surface area contributed by atoms with Crippen LogP contribution in [0.1, 0.15) is 91.4 Å². The Bertz CT molecular complexity index is 613. The molecule has 0 radical (unpaired) electrons. The molecule has 4 rings (SSSR count). The van der Waals surface area contributed by atoms with Crippen LogP contribution in [0.3, 0.4) is 0 Å². The molecule has 0 aromatic rings. The second-order valence-electron chi connectivity index (χ2n) is 11.0. The van der Waals surface area contributed by atoms with Crippen LogP contribution < -0.4 is 5.11 Å². The highest BCUT2D eigenvalue weighted by atomic mass is 16.4. The Morgan fingerprint density at radius 3 is 2.56 bits per heavy atom. The first-order valence-corrected chi connectivity index (χ1v) is 11.5. The van der Waals surface area contributed by atoms with E-state index in [2.05, 4.69) is 20.8 Å². The van der Waals surface area contributed by atoms with Gasteiger partial charge in [-0.05, 0) is 91.8 Å². The molecule has 0 heterocycles. The number of rotatable bonds is 4. The Labute approximate surface area is 164 Å². The summed E-state index contributed by atoms with van der Waals surface area (Å²) in [4.78, 5) is 24.2. The van der Waals surface area contributed by atoms with E-state index in [1.165, 1.54) is 51.4 Å². The van der Waals surface area contributed by atoms with Crippen molar-refractivity contribution in [2.45, 2.75) is 91.4 Å². The zero-order valence-electron chi connectivity index (χ0n) is 17.5. The van der Waals surface area contributed by atoms with Crippen LogP contribution in [0.2, 0.25) is 0 Å². The number of carbonyl (C=O) groups excluding carboxylic acids is 2. The zero-order valence-corrected chi connectivity index (χ0v) is 17.5. The molecule has 3 heteroatoms. The van der Waals surface area contributed by atoms with Crippen LogP contribution >= 0.6 is 0 Å². The van der Waals surface area contributed by atoms with Crippen molar-refractivity contribution in [3.05, 3.63) is 0 Å². The summed E-state index contributed by atoms with van der Waals surface area (Å²) < 4.78 is 0. The second kappa shape index (κ2) is 6.88.